The average molecular weight is 202 g/mol. The van der Waals surface area contributed by atoms with Gasteiger partial charge in [0.15, 0.2) is 0 Å². The van der Waals surface area contributed by atoms with Crippen molar-refractivity contribution in [3.8, 4) is 0 Å². The molecule has 1 saturated heterocycles. The summed E-state index contributed by atoms with van der Waals surface area (Å²) in [6.07, 6.45) is 3.79. The van der Waals surface area contributed by atoms with Crippen LogP contribution in [0, 0.1) is 0 Å². The van der Waals surface area contributed by atoms with Gasteiger partial charge in [-0.3, -0.25) is 0 Å². The molecule has 0 amide bonds. The van der Waals surface area contributed by atoms with Crippen molar-refractivity contribution in [3.05, 3.63) is 0 Å². The minimum absolute atomic E-state index is 0.221. The highest BCUT2D eigenvalue weighted by Crippen LogP contribution is 2.27. The van der Waals surface area contributed by atoms with Gasteiger partial charge in [0.1, 0.15) is 0 Å². The Balaban J connectivity index is 2.36. The molecule has 14 heavy (non-hydrogen) atoms. The van der Waals surface area contributed by atoms with E-state index in [-0.39, 0.29) is 6.10 Å². The lowest BCUT2D eigenvalue weighted by Gasteiger charge is -2.36. The SMILES string of the molecule is CCCC1CC(O)(COCC)CCO1. The molecule has 1 aliphatic rings. The van der Waals surface area contributed by atoms with Crippen LogP contribution in [0.5, 0.6) is 0 Å². The Bertz CT molecular complexity index is 159. The highest BCUT2D eigenvalue weighted by atomic mass is 16.5. The largest absolute Gasteiger partial charge is 0.387 e. The third kappa shape index (κ3) is 3.56. The van der Waals surface area contributed by atoms with E-state index in [4.69, 9.17) is 9.47 Å². The van der Waals surface area contributed by atoms with Crippen molar-refractivity contribution in [1.29, 1.82) is 0 Å². The Morgan fingerprint density at radius 3 is 2.93 bits per heavy atom. The monoisotopic (exact) mass is 202 g/mol. The second-order valence-electron chi connectivity index (χ2n) is 4.10. The lowest BCUT2D eigenvalue weighted by atomic mass is 9.89. The standard InChI is InChI=1S/C11H22O3/c1-3-5-10-8-11(12,6-7-14-10)9-13-4-2/h10,12H,3-9H2,1-2H3. The maximum absolute atomic E-state index is 10.2. The van der Waals surface area contributed by atoms with E-state index in [0.717, 1.165) is 19.3 Å². The molecule has 1 heterocycles. The molecule has 1 fully saturated rings. The molecule has 1 N–H and O–H groups in total. The van der Waals surface area contributed by atoms with E-state index in [2.05, 4.69) is 6.92 Å². The molecule has 0 aromatic heterocycles. The van der Waals surface area contributed by atoms with Crippen molar-refractivity contribution in [3.63, 3.8) is 0 Å². The van der Waals surface area contributed by atoms with Gasteiger partial charge in [0.05, 0.1) is 18.3 Å². The summed E-state index contributed by atoms with van der Waals surface area (Å²) in [6.45, 7) is 5.87. The Labute approximate surface area is 86.4 Å². The van der Waals surface area contributed by atoms with Gasteiger partial charge in [0, 0.05) is 26.1 Å². The number of hydrogen-bond acceptors (Lipinski definition) is 3. The lowest BCUT2D eigenvalue weighted by molar-refractivity contribution is -0.135. The summed E-state index contributed by atoms with van der Waals surface area (Å²) >= 11 is 0. The predicted octanol–water partition coefficient (Wildman–Crippen LogP) is 1.73. The maximum Gasteiger partial charge on any atom is 0.0926 e. The number of hydrogen-bond donors (Lipinski definition) is 1. The van der Waals surface area contributed by atoms with Gasteiger partial charge >= 0.3 is 0 Å². The minimum atomic E-state index is -0.645. The van der Waals surface area contributed by atoms with Crippen LogP contribution in [0.1, 0.15) is 39.5 Å². The van der Waals surface area contributed by atoms with Crippen LogP contribution in [0.25, 0.3) is 0 Å². The number of rotatable bonds is 5. The van der Waals surface area contributed by atoms with Gasteiger partial charge in [-0.1, -0.05) is 13.3 Å². The van der Waals surface area contributed by atoms with Gasteiger partial charge in [0.25, 0.3) is 0 Å². The third-order valence-electron chi connectivity index (χ3n) is 2.71. The fourth-order valence-corrected chi connectivity index (χ4v) is 1.93. The normalized spacial score (nSPS) is 33.2. The zero-order valence-electron chi connectivity index (χ0n) is 9.29. The molecule has 2 unspecified atom stereocenters. The zero-order valence-corrected chi connectivity index (χ0v) is 9.29. The van der Waals surface area contributed by atoms with Gasteiger partial charge in [-0.25, -0.2) is 0 Å². The van der Waals surface area contributed by atoms with Gasteiger partial charge in [-0.2, -0.15) is 0 Å². The van der Waals surface area contributed by atoms with Gasteiger partial charge in [-0.15, -0.1) is 0 Å². The Kier molecular flexibility index (Phi) is 4.85. The van der Waals surface area contributed by atoms with Crippen LogP contribution in [0.3, 0.4) is 0 Å². The van der Waals surface area contributed by atoms with Crippen molar-refractivity contribution in [2.24, 2.45) is 0 Å². The first-order valence-corrected chi connectivity index (χ1v) is 5.62. The van der Waals surface area contributed by atoms with E-state index in [9.17, 15) is 5.11 Å². The van der Waals surface area contributed by atoms with Crippen LogP contribution in [-0.4, -0.2) is 36.6 Å². The molecule has 0 spiro atoms. The minimum Gasteiger partial charge on any atom is -0.387 e. The number of aliphatic hydroxyl groups is 1. The molecule has 0 aliphatic carbocycles. The molecule has 1 aliphatic heterocycles. The molecule has 0 bridgehead atoms. The summed E-state index contributed by atoms with van der Waals surface area (Å²) in [5.41, 5.74) is -0.645. The quantitative estimate of drug-likeness (QED) is 0.738. The highest BCUT2D eigenvalue weighted by Gasteiger charge is 2.34. The Morgan fingerprint density at radius 2 is 2.29 bits per heavy atom. The molecule has 1 rings (SSSR count). The molecule has 0 saturated carbocycles. The smallest absolute Gasteiger partial charge is 0.0926 e. The summed E-state index contributed by atoms with van der Waals surface area (Å²) in [5.74, 6) is 0. The third-order valence-corrected chi connectivity index (χ3v) is 2.71. The first-order valence-electron chi connectivity index (χ1n) is 5.62. The Morgan fingerprint density at radius 1 is 1.50 bits per heavy atom. The first-order chi connectivity index (χ1) is 6.70. The van der Waals surface area contributed by atoms with Crippen molar-refractivity contribution in [1.82, 2.24) is 0 Å². The summed E-state index contributed by atoms with van der Waals surface area (Å²) in [5, 5.41) is 10.2. The maximum atomic E-state index is 10.2. The first kappa shape index (κ1) is 12.0. The summed E-state index contributed by atoms with van der Waals surface area (Å²) < 4.78 is 10.9. The van der Waals surface area contributed by atoms with Crippen LogP contribution in [0.15, 0.2) is 0 Å². The second kappa shape index (κ2) is 5.69. The van der Waals surface area contributed by atoms with E-state index in [0.29, 0.717) is 26.2 Å². The molecule has 3 heteroatoms. The van der Waals surface area contributed by atoms with Crippen molar-refractivity contribution in [2.75, 3.05) is 19.8 Å². The van der Waals surface area contributed by atoms with Gasteiger partial charge in [-0.05, 0) is 13.3 Å². The zero-order chi connectivity index (χ0) is 10.4. The van der Waals surface area contributed by atoms with Crippen LogP contribution in [-0.2, 0) is 9.47 Å². The second-order valence-corrected chi connectivity index (χ2v) is 4.10. The predicted molar refractivity (Wildman–Crippen MR) is 55.3 cm³/mol. The van der Waals surface area contributed by atoms with Crippen molar-refractivity contribution >= 4 is 0 Å². The molecule has 0 aromatic carbocycles. The summed E-state index contributed by atoms with van der Waals surface area (Å²) in [6, 6.07) is 0. The van der Waals surface area contributed by atoms with Crippen molar-refractivity contribution < 1.29 is 14.6 Å². The molecular weight excluding hydrogens is 180 g/mol. The lowest BCUT2D eigenvalue weighted by Crippen LogP contribution is -2.44. The van der Waals surface area contributed by atoms with E-state index < -0.39 is 5.60 Å². The van der Waals surface area contributed by atoms with Crippen LogP contribution in [0.2, 0.25) is 0 Å². The van der Waals surface area contributed by atoms with Crippen LogP contribution in [0.4, 0.5) is 0 Å². The van der Waals surface area contributed by atoms with E-state index in [1.165, 1.54) is 0 Å². The highest BCUT2D eigenvalue weighted by molar-refractivity contribution is 4.85. The fraction of sp³-hybridized carbons (Fsp3) is 1.00. The van der Waals surface area contributed by atoms with E-state index >= 15 is 0 Å². The molecule has 0 aromatic rings. The summed E-state index contributed by atoms with van der Waals surface area (Å²) in [7, 11) is 0. The van der Waals surface area contributed by atoms with E-state index in [1.807, 2.05) is 6.92 Å². The molecule has 2 atom stereocenters. The fourth-order valence-electron chi connectivity index (χ4n) is 1.93. The van der Waals surface area contributed by atoms with Crippen LogP contribution >= 0.6 is 0 Å². The molecule has 3 nitrogen and oxygen atoms in total. The Hall–Kier alpha value is -0.120. The van der Waals surface area contributed by atoms with Crippen molar-refractivity contribution in [2.45, 2.75) is 51.2 Å². The average Bonchev–Trinajstić information content (AvgIpc) is 2.16. The summed E-state index contributed by atoms with van der Waals surface area (Å²) in [4.78, 5) is 0. The topological polar surface area (TPSA) is 38.7 Å². The molecule has 84 valence electrons. The van der Waals surface area contributed by atoms with Crippen LogP contribution < -0.4 is 0 Å². The van der Waals surface area contributed by atoms with E-state index in [1.54, 1.807) is 0 Å². The van der Waals surface area contributed by atoms with Gasteiger partial charge < -0.3 is 14.6 Å². The number of ether oxygens (including phenoxy) is 2. The van der Waals surface area contributed by atoms with Gasteiger partial charge in [0.2, 0.25) is 0 Å². The molecular formula is C11H22O3. The molecule has 0 radical (unpaired) electrons.